The number of carbonyl (C=O) groups is 1. The van der Waals surface area contributed by atoms with Crippen LogP contribution in [0.3, 0.4) is 0 Å². The molecule has 1 amide bonds. The molecule has 0 bridgehead atoms. The van der Waals surface area contributed by atoms with E-state index >= 15 is 0 Å². The molecule has 0 saturated carbocycles. The number of benzene rings is 2. The average molecular weight is 522 g/mol. The van der Waals surface area contributed by atoms with Gasteiger partial charge in [-0.15, -0.1) is 0 Å². The Kier molecular flexibility index (Phi) is 8.87. The smallest absolute Gasteiger partial charge is 0.241 e. The molecule has 1 atom stereocenters. The fourth-order valence-corrected chi connectivity index (χ4v) is 5.62. The quantitative estimate of drug-likeness (QED) is 0.434. The second-order valence-electron chi connectivity index (χ2n) is 10.3. The lowest BCUT2D eigenvalue weighted by Gasteiger charge is -2.30. The van der Waals surface area contributed by atoms with Gasteiger partial charge in [0.1, 0.15) is 0 Å². The third kappa shape index (κ3) is 7.18. The molecule has 1 aromatic heterocycles. The van der Waals surface area contributed by atoms with Gasteiger partial charge in [0.15, 0.2) is 0 Å². The highest BCUT2D eigenvalue weighted by atomic mass is 35.5. The van der Waals surface area contributed by atoms with Crippen LogP contribution < -0.4 is 5.32 Å². The van der Waals surface area contributed by atoms with E-state index in [1.807, 2.05) is 24.3 Å². The second kappa shape index (κ2) is 12.7. The highest BCUT2D eigenvalue weighted by molar-refractivity contribution is 6.33. The van der Waals surface area contributed by atoms with E-state index in [1.165, 1.54) is 44.3 Å². The van der Waals surface area contributed by atoms with Crippen molar-refractivity contribution < 1.29 is 9.32 Å². The molecule has 1 N–H and O–H groups in total. The van der Waals surface area contributed by atoms with Crippen molar-refractivity contribution in [3.63, 3.8) is 0 Å². The SMILES string of the molecule is O=C(NCc1cccc(CN2CCCCCC2)c1)C1CCCN(Cc2nc(-c3ccccc3Cl)no2)C1. The zero-order valence-corrected chi connectivity index (χ0v) is 22.1. The molecule has 196 valence electrons. The molecule has 0 radical (unpaired) electrons. The molecule has 2 fully saturated rings. The summed E-state index contributed by atoms with van der Waals surface area (Å²) in [4.78, 5) is 22.3. The summed E-state index contributed by atoms with van der Waals surface area (Å²) < 4.78 is 5.48. The Balaban J connectivity index is 1.11. The first kappa shape index (κ1) is 25.9. The summed E-state index contributed by atoms with van der Waals surface area (Å²) >= 11 is 6.27. The van der Waals surface area contributed by atoms with E-state index < -0.39 is 0 Å². The third-order valence-electron chi connectivity index (χ3n) is 7.38. The lowest BCUT2D eigenvalue weighted by atomic mass is 9.97. The van der Waals surface area contributed by atoms with Gasteiger partial charge in [-0.3, -0.25) is 14.6 Å². The van der Waals surface area contributed by atoms with Crippen molar-refractivity contribution in [2.75, 3.05) is 26.2 Å². The normalized spacial score (nSPS) is 19.4. The number of hydrogen-bond donors (Lipinski definition) is 1. The number of carbonyl (C=O) groups excluding carboxylic acids is 1. The Morgan fingerprint density at radius 2 is 1.73 bits per heavy atom. The van der Waals surface area contributed by atoms with Gasteiger partial charge in [-0.1, -0.05) is 66.0 Å². The molecule has 1 unspecified atom stereocenters. The molecule has 0 aliphatic carbocycles. The van der Waals surface area contributed by atoms with Gasteiger partial charge >= 0.3 is 0 Å². The summed E-state index contributed by atoms with van der Waals surface area (Å²) in [5.74, 6) is 1.10. The van der Waals surface area contributed by atoms with Gasteiger partial charge in [-0.2, -0.15) is 4.98 Å². The maximum absolute atomic E-state index is 13.0. The molecule has 8 heteroatoms. The minimum absolute atomic E-state index is 0.0417. The van der Waals surface area contributed by atoms with E-state index in [9.17, 15) is 4.79 Å². The molecule has 0 spiro atoms. The van der Waals surface area contributed by atoms with Gasteiger partial charge in [0.05, 0.1) is 17.5 Å². The van der Waals surface area contributed by atoms with Crippen molar-refractivity contribution in [1.82, 2.24) is 25.3 Å². The van der Waals surface area contributed by atoms with Crippen LogP contribution in [0.4, 0.5) is 0 Å². The van der Waals surface area contributed by atoms with Gasteiger partial charge in [0.25, 0.3) is 0 Å². The van der Waals surface area contributed by atoms with E-state index in [1.54, 1.807) is 0 Å². The summed E-state index contributed by atoms with van der Waals surface area (Å²) in [5.41, 5.74) is 3.24. The first-order valence-electron chi connectivity index (χ1n) is 13.5. The van der Waals surface area contributed by atoms with Crippen LogP contribution in [0.15, 0.2) is 53.1 Å². The molecule has 7 nitrogen and oxygen atoms in total. The van der Waals surface area contributed by atoms with Crippen LogP contribution in [0, 0.1) is 5.92 Å². The van der Waals surface area contributed by atoms with Gasteiger partial charge in [-0.25, -0.2) is 0 Å². The van der Waals surface area contributed by atoms with Crippen LogP contribution in [0.5, 0.6) is 0 Å². The monoisotopic (exact) mass is 521 g/mol. The Morgan fingerprint density at radius 1 is 0.946 bits per heavy atom. The molecular formula is C29H36ClN5O2. The van der Waals surface area contributed by atoms with E-state index in [0.29, 0.717) is 36.4 Å². The molecular weight excluding hydrogens is 486 g/mol. The molecule has 2 saturated heterocycles. The molecule has 2 aromatic carbocycles. The predicted octanol–water partition coefficient (Wildman–Crippen LogP) is 5.29. The van der Waals surface area contributed by atoms with Gasteiger partial charge in [0.2, 0.25) is 17.6 Å². The second-order valence-corrected chi connectivity index (χ2v) is 10.7. The fourth-order valence-electron chi connectivity index (χ4n) is 5.40. The fraction of sp³-hybridized carbons (Fsp3) is 0.483. The van der Waals surface area contributed by atoms with Crippen molar-refractivity contribution in [3.8, 4) is 11.4 Å². The molecule has 2 aliphatic rings. The lowest BCUT2D eigenvalue weighted by Crippen LogP contribution is -2.42. The number of likely N-dealkylation sites (tertiary alicyclic amines) is 2. The first-order valence-corrected chi connectivity index (χ1v) is 13.9. The summed E-state index contributed by atoms with van der Waals surface area (Å²) in [7, 11) is 0. The highest BCUT2D eigenvalue weighted by Crippen LogP contribution is 2.26. The van der Waals surface area contributed by atoms with Crippen LogP contribution in [-0.4, -0.2) is 52.0 Å². The van der Waals surface area contributed by atoms with E-state index in [0.717, 1.165) is 37.1 Å². The summed E-state index contributed by atoms with van der Waals surface area (Å²) in [6.45, 7) is 6.05. The Labute approximate surface area is 224 Å². The number of rotatable bonds is 8. The molecule has 37 heavy (non-hydrogen) atoms. The highest BCUT2D eigenvalue weighted by Gasteiger charge is 2.27. The minimum atomic E-state index is -0.0417. The third-order valence-corrected chi connectivity index (χ3v) is 7.71. The molecule has 2 aliphatic heterocycles. The number of hydrogen-bond acceptors (Lipinski definition) is 6. The Morgan fingerprint density at radius 3 is 2.57 bits per heavy atom. The minimum Gasteiger partial charge on any atom is -0.352 e. The first-order chi connectivity index (χ1) is 18.1. The van der Waals surface area contributed by atoms with Gasteiger partial charge in [-0.05, 0) is 68.6 Å². The van der Waals surface area contributed by atoms with Crippen molar-refractivity contribution >= 4 is 17.5 Å². The van der Waals surface area contributed by atoms with Crippen LogP contribution in [-0.2, 0) is 24.4 Å². The van der Waals surface area contributed by atoms with Crippen LogP contribution in [0.1, 0.15) is 55.5 Å². The van der Waals surface area contributed by atoms with E-state index in [4.69, 9.17) is 16.1 Å². The summed E-state index contributed by atoms with van der Waals surface area (Å²) in [5, 5.41) is 7.87. The lowest BCUT2D eigenvalue weighted by molar-refractivity contribution is -0.127. The van der Waals surface area contributed by atoms with Gasteiger partial charge < -0.3 is 9.84 Å². The summed E-state index contributed by atoms with van der Waals surface area (Å²) in [6.07, 6.45) is 7.15. The topological polar surface area (TPSA) is 74.5 Å². The number of nitrogens with zero attached hydrogens (tertiary/aromatic N) is 4. The molecule has 5 rings (SSSR count). The molecule has 3 heterocycles. The maximum Gasteiger partial charge on any atom is 0.241 e. The van der Waals surface area contributed by atoms with Crippen LogP contribution >= 0.6 is 11.6 Å². The Hall–Kier alpha value is -2.74. The number of nitrogens with one attached hydrogen (secondary N) is 1. The van der Waals surface area contributed by atoms with Crippen molar-refractivity contribution in [2.45, 2.75) is 58.2 Å². The largest absolute Gasteiger partial charge is 0.352 e. The standard InChI is InChI=1S/C29H36ClN5O2/c30-26-13-4-3-12-25(26)28-32-27(37-33-28)21-35-16-8-11-24(20-35)29(36)31-18-22-9-7-10-23(17-22)19-34-14-5-1-2-6-15-34/h3-4,7,9-10,12-13,17,24H,1-2,5-6,8,11,14-16,18-21H2,(H,31,36). The number of amides is 1. The summed E-state index contributed by atoms with van der Waals surface area (Å²) in [6, 6.07) is 16.1. The van der Waals surface area contributed by atoms with E-state index in [2.05, 4.69) is 49.5 Å². The van der Waals surface area contributed by atoms with Crippen LogP contribution in [0.25, 0.3) is 11.4 Å². The van der Waals surface area contributed by atoms with Crippen molar-refractivity contribution in [1.29, 1.82) is 0 Å². The zero-order chi connectivity index (χ0) is 25.5. The van der Waals surface area contributed by atoms with Crippen LogP contribution in [0.2, 0.25) is 5.02 Å². The predicted molar refractivity (Wildman–Crippen MR) is 145 cm³/mol. The Bertz CT molecular complexity index is 1170. The number of halogens is 1. The number of aromatic nitrogens is 2. The van der Waals surface area contributed by atoms with Crippen molar-refractivity contribution in [3.05, 3.63) is 70.6 Å². The van der Waals surface area contributed by atoms with Crippen molar-refractivity contribution in [2.24, 2.45) is 5.92 Å². The maximum atomic E-state index is 13.0. The van der Waals surface area contributed by atoms with Gasteiger partial charge in [0, 0.05) is 25.2 Å². The molecule has 3 aromatic rings. The zero-order valence-electron chi connectivity index (χ0n) is 21.4. The number of piperidine rings is 1. The van der Waals surface area contributed by atoms with E-state index in [-0.39, 0.29) is 11.8 Å². The average Bonchev–Trinajstić information content (AvgIpc) is 3.22.